The van der Waals surface area contributed by atoms with E-state index in [1.165, 1.54) is 0 Å². The van der Waals surface area contributed by atoms with E-state index < -0.39 is 0 Å². The third-order valence-electron chi connectivity index (χ3n) is 3.15. The lowest BCUT2D eigenvalue weighted by atomic mass is 10.4. The molecule has 1 aliphatic heterocycles. The number of aryl methyl sites for hydroxylation is 1. The topological polar surface area (TPSA) is 102 Å². The van der Waals surface area contributed by atoms with Crippen LogP contribution in [0.2, 0.25) is 0 Å². The number of hydrogen-bond donors (Lipinski definition) is 2. The average molecular weight is 290 g/mol. The van der Waals surface area contributed by atoms with Gasteiger partial charge in [-0.15, -0.1) is 0 Å². The lowest BCUT2D eigenvalue weighted by molar-refractivity contribution is 0.122. The Hall–Kier alpha value is -2.35. The Morgan fingerprint density at radius 3 is 2.76 bits per heavy atom. The summed E-state index contributed by atoms with van der Waals surface area (Å²) >= 11 is 0. The molecule has 3 rings (SSSR count). The molecule has 1 saturated heterocycles. The maximum Gasteiger partial charge on any atom is 0.232 e. The van der Waals surface area contributed by atoms with E-state index in [4.69, 9.17) is 14.9 Å². The molecule has 0 atom stereocenters. The summed E-state index contributed by atoms with van der Waals surface area (Å²) in [6, 6.07) is 3.83. The van der Waals surface area contributed by atoms with E-state index >= 15 is 0 Å². The smallest absolute Gasteiger partial charge is 0.232 e. The Kier molecular flexibility index (Phi) is 3.87. The minimum Gasteiger partial charge on any atom is -0.465 e. The van der Waals surface area contributed by atoms with Gasteiger partial charge in [0.25, 0.3) is 0 Å². The van der Waals surface area contributed by atoms with Crippen molar-refractivity contribution < 1.29 is 9.15 Å². The van der Waals surface area contributed by atoms with Gasteiger partial charge in [0.2, 0.25) is 17.8 Å². The van der Waals surface area contributed by atoms with E-state index in [0.29, 0.717) is 31.7 Å². The predicted octanol–water partition coefficient (Wildman–Crippen LogP) is 0.804. The summed E-state index contributed by atoms with van der Waals surface area (Å²) in [4.78, 5) is 14.7. The minimum absolute atomic E-state index is 0.199. The van der Waals surface area contributed by atoms with Crippen molar-refractivity contribution in [2.24, 2.45) is 0 Å². The largest absolute Gasteiger partial charge is 0.465 e. The second-order valence-corrected chi connectivity index (χ2v) is 4.78. The quantitative estimate of drug-likeness (QED) is 0.852. The van der Waals surface area contributed by atoms with Crippen LogP contribution in [0.4, 0.5) is 17.8 Å². The third-order valence-corrected chi connectivity index (χ3v) is 3.15. The van der Waals surface area contributed by atoms with Crippen molar-refractivity contribution in [1.82, 2.24) is 15.0 Å². The van der Waals surface area contributed by atoms with Crippen LogP contribution in [0.25, 0.3) is 0 Å². The minimum atomic E-state index is 0.199. The van der Waals surface area contributed by atoms with E-state index in [1.807, 2.05) is 24.0 Å². The number of rotatable bonds is 4. The fourth-order valence-electron chi connectivity index (χ4n) is 2.11. The van der Waals surface area contributed by atoms with Crippen LogP contribution in [-0.2, 0) is 11.3 Å². The Morgan fingerprint density at radius 1 is 1.24 bits per heavy atom. The van der Waals surface area contributed by atoms with Gasteiger partial charge in [-0.2, -0.15) is 15.0 Å². The van der Waals surface area contributed by atoms with Gasteiger partial charge < -0.3 is 25.1 Å². The first-order valence-electron chi connectivity index (χ1n) is 6.84. The van der Waals surface area contributed by atoms with Crippen molar-refractivity contribution in [3.8, 4) is 0 Å². The highest BCUT2D eigenvalue weighted by atomic mass is 16.5. The Morgan fingerprint density at radius 2 is 2.05 bits per heavy atom. The first-order valence-corrected chi connectivity index (χ1v) is 6.84. The van der Waals surface area contributed by atoms with Crippen molar-refractivity contribution in [2.75, 3.05) is 42.3 Å². The SMILES string of the molecule is Cc1ccc(CNc2nc(N)nc(N3CCOCC3)n2)o1. The number of nitrogen functional groups attached to an aromatic ring is 1. The molecule has 0 saturated carbocycles. The Balaban J connectivity index is 1.71. The Bertz CT molecular complexity index is 608. The molecule has 2 aromatic heterocycles. The molecule has 1 fully saturated rings. The molecule has 8 heteroatoms. The molecule has 0 unspecified atom stereocenters. The Labute approximate surface area is 122 Å². The number of ether oxygens (including phenoxy) is 1. The fourth-order valence-corrected chi connectivity index (χ4v) is 2.11. The highest BCUT2D eigenvalue weighted by Gasteiger charge is 2.15. The van der Waals surface area contributed by atoms with Gasteiger partial charge in [0.05, 0.1) is 19.8 Å². The molecule has 0 bridgehead atoms. The molecule has 21 heavy (non-hydrogen) atoms. The zero-order valence-corrected chi connectivity index (χ0v) is 11.9. The predicted molar refractivity (Wildman–Crippen MR) is 78.0 cm³/mol. The normalized spacial score (nSPS) is 15.2. The number of aromatic nitrogens is 3. The maximum absolute atomic E-state index is 5.76. The van der Waals surface area contributed by atoms with Gasteiger partial charge in [-0.05, 0) is 19.1 Å². The average Bonchev–Trinajstić information content (AvgIpc) is 2.91. The molecular formula is C13H18N6O2. The fraction of sp³-hybridized carbons (Fsp3) is 0.462. The van der Waals surface area contributed by atoms with Gasteiger partial charge in [0.15, 0.2) is 0 Å². The van der Waals surface area contributed by atoms with Crippen LogP contribution in [-0.4, -0.2) is 41.3 Å². The van der Waals surface area contributed by atoms with E-state index in [9.17, 15) is 0 Å². The molecule has 0 amide bonds. The van der Waals surface area contributed by atoms with Gasteiger partial charge in [0, 0.05) is 13.1 Å². The monoisotopic (exact) mass is 290 g/mol. The third kappa shape index (κ3) is 3.40. The van der Waals surface area contributed by atoms with Crippen LogP contribution < -0.4 is 16.0 Å². The van der Waals surface area contributed by atoms with Crippen molar-refractivity contribution in [1.29, 1.82) is 0 Å². The number of nitrogens with zero attached hydrogens (tertiary/aromatic N) is 4. The number of morpholine rings is 1. The van der Waals surface area contributed by atoms with Crippen LogP contribution in [0.3, 0.4) is 0 Å². The summed E-state index contributed by atoms with van der Waals surface area (Å²) < 4.78 is 10.8. The summed E-state index contributed by atoms with van der Waals surface area (Å²) in [6.45, 7) is 5.24. The van der Waals surface area contributed by atoms with Crippen LogP contribution in [0.1, 0.15) is 11.5 Å². The summed E-state index contributed by atoms with van der Waals surface area (Å²) in [5.41, 5.74) is 5.76. The number of hydrogen-bond acceptors (Lipinski definition) is 8. The van der Waals surface area contributed by atoms with Gasteiger partial charge in [0.1, 0.15) is 11.5 Å². The lowest BCUT2D eigenvalue weighted by Crippen LogP contribution is -2.37. The number of nitrogens with one attached hydrogen (secondary N) is 1. The first-order chi connectivity index (χ1) is 10.2. The van der Waals surface area contributed by atoms with E-state index in [-0.39, 0.29) is 5.95 Å². The van der Waals surface area contributed by atoms with Crippen LogP contribution in [0, 0.1) is 6.92 Å². The molecule has 0 aromatic carbocycles. The summed E-state index contributed by atoms with van der Waals surface area (Å²) in [5.74, 6) is 2.90. The van der Waals surface area contributed by atoms with Gasteiger partial charge in [-0.25, -0.2) is 0 Å². The summed E-state index contributed by atoms with van der Waals surface area (Å²) in [7, 11) is 0. The van der Waals surface area contributed by atoms with Crippen molar-refractivity contribution in [3.05, 3.63) is 23.7 Å². The van der Waals surface area contributed by atoms with Crippen molar-refractivity contribution in [2.45, 2.75) is 13.5 Å². The molecule has 0 radical (unpaired) electrons. The summed E-state index contributed by atoms with van der Waals surface area (Å²) in [6.07, 6.45) is 0. The molecular weight excluding hydrogens is 272 g/mol. The van der Waals surface area contributed by atoms with E-state index in [0.717, 1.165) is 24.6 Å². The molecule has 3 heterocycles. The number of furan rings is 1. The first kappa shape index (κ1) is 13.6. The number of anilines is 3. The molecule has 8 nitrogen and oxygen atoms in total. The van der Waals surface area contributed by atoms with E-state index in [2.05, 4.69) is 20.3 Å². The van der Waals surface area contributed by atoms with Crippen LogP contribution >= 0.6 is 0 Å². The lowest BCUT2D eigenvalue weighted by Gasteiger charge is -2.26. The second-order valence-electron chi connectivity index (χ2n) is 4.78. The van der Waals surface area contributed by atoms with Gasteiger partial charge in [-0.1, -0.05) is 0 Å². The molecule has 3 N–H and O–H groups in total. The molecule has 0 spiro atoms. The van der Waals surface area contributed by atoms with Crippen molar-refractivity contribution >= 4 is 17.8 Å². The number of nitrogens with two attached hydrogens (primary N) is 1. The molecule has 0 aliphatic carbocycles. The van der Waals surface area contributed by atoms with E-state index in [1.54, 1.807) is 0 Å². The van der Waals surface area contributed by atoms with Gasteiger partial charge in [-0.3, -0.25) is 0 Å². The standard InChI is InChI=1S/C13H18N6O2/c1-9-2-3-10(21-9)8-15-12-16-11(14)17-13(18-12)19-4-6-20-7-5-19/h2-3H,4-8H2,1H3,(H3,14,15,16,17,18). The van der Waals surface area contributed by atoms with Crippen LogP contribution in [0.5, 0.6) is 0 Å². The highest BCUT2D eigenvalue weighted by molar-refractivity contribution is 5.42. The summed E-state index contributed by atoms with van der Waals surface area (Å²) in [5, 5.41) is 3.10. The molecule has 1 aliphatic rings. The zero-order chi connectivity index (χ0) is 14.7. The van der Waals surface area contributed by atoms with Gasteiger partial charge >= 0.3 is 0 Å². The second kappa shape index (κ2) is 5.96. The molecule has 112 valence electrons. The maximum atomic E-state index is 5.76. The van der Waals surface area contributed by atoms with Crippen molar-refractivity contribution in [3.63, 3.8) is 0 Å². The zero-order valence-electron chi connectivity index (χ0n) is 11.9. The molecule has 2 aromatic rings. The van der Waals surface area contributed by atoms with Crippen LogP contribution in [0.15, 0.2) is 16.5 Å². The highest BCUT2D eigenvalue weighted by Crippen LogP contribution is 2.14.